The van der Waals surface area contributed by atoms with Crippen molar-refractivity contribution >= 4 is 112 Å². The SMILES string of the molecule is CCOP(=O)(Cn1ccc(NC(=O)c2cc(Oc3cnc(C(=O)N4CCC4)cn3)cc(OC(C)C)c2)n1)OCC.CCOP(C)(=O)Cn1ccc(NC(=O)c2cc(Oc3ccc(S(C)(=O)=O)cc3)cc(O[C@@H](C)CCO)c2)n1.C[C@@H](CCO)Oc1cc(Oc2ccc(S(C)(=O)=O)cc2)cc(C(=O)Nc2ccn(CP(C)(C)=O)n2)c1.C[C@@H](CCO)Oc1cc(Oc2ccc(S(C)(=O)=O)cc2)cc(C(=O)Nc2ccn(CP(C)(C)=O)n2)c1. The smallest absolute Gasteiger partial charge is 0.351 e. The number of hydrogen-bond donors (Lipinski definition) is 7. The van der Waals surface area contributed by atoms with Gasteiger partial charge in [0.1, 0.15) is 95.8 Å². The molecule has 4 atom stereocenters. The number of nitrogens with one attached hydrogen (secondary N) is 4. The van der Waals surface area contributed by atoms with Crippen LogP contribution in [-0.2, 0) is 86.5 Å². The molecular formula is C99H125N15O29P4S3. The van der Waals surface area contributed by atoms with Gasteiger partial charge in [-0.3, -0.25) is 51.8 Å². The number of sulfone groups is 3. The minimum absolute atomic E-state index is 0.0531. The summed E-state index contributed by atoms with van der Waals surface area (Å²) in [6.45, 7) is 24.5. The van der Waals surface area contributed by atoms with Crippen LogP contribution in [0.3, 0.4) is 0 Å². The number of rotatable bonds is 48. The predicted octanol–water partition coefficient (Wildman–Crippen LogP) is 17.1. The number of nitrogens with zero attached hydrogens (tertiary/aromatic N) is 11. The summed E-state index contributed by atoms with van der Waals surface area (Å²) >= 11 is 0. The van der Waals surface area contributed by atoms with Gasteiger partial charge in [0.2, 0.25) is 13.2 Å². The number of aliphatic hydroxyl groups excluding tert-OH is 3. The van der Waals surface area contributed by atoms with Crippen molar-refractivity contribution in [1.29, 1.82) is 0 Å². The van der Waals surface area contributed by atoms with Gasteiger partial charge in [-0.05, 0) is 210 Å². The monoisotopic (exact) mass is 2210 g/mol. The van der Waals surface area contributed by atoms with Crippen LogP contribution >= 0.6 is 29.2 Å². The third-order valence-electron chi connectivity index (χ3n) is 20.5. The summed E-state index contributed by atoms with van der Waals surface area (Å²) in [4.78, 5) is 75.1. The Kier molecular flexibility index (Phi) is 42.7. The van der Waals surface area contributed by atoms with E-state index >= 15 is 0 Å². The summed E-state index contributed by atoms with van der Waals surface area (Å²) in [5.74, 6) is 2.94. The van der Waals surface area contributed by atoms with Gasteiger partial charge in [0.05, 0.1) is 83.9 Å². The van der Waals surface area contributed by atoms with Crippen LogP contribution in [0.2, 0.25) is 0 Å². The lowest BCUT2D eigenvalue weighted by atomic mass is 10.1. The van der Waals surface area contributed by atoms with Crippen LogP contribution < -0.4 is 59.2 Å². The van der Waals surface area contributed by atoms with E-state index < -0.39 is 82.4 Å². The number of aliphatic hydroxyl groups is 3. The number of carbonyl (C=O) groups excluding carboxylic acids is 5. The molecule has 7 N–H and O–H groups in total. The number of likely N-dealkylation sites (tertiary alicyclic amines) is 1. The molecule has 5 aromatic heterocycles. The van der Waals surface area contributed by atoms with Crippen LogP contribution in [0.5, 0.6) is 69.1 Å². The molecule has 7 aromatic carbocycles. The first kappa shape index (κ1) is 119. The molecule has 0 spiro atoms. The molecule has 0 aliphatic carbocycles. The Morgan fingerprint density at radius 1 is 0.367 bits per heavy atom. The summed E-state index contributed by atoms with van der Waals surface area (Å²) in [7, 11) is -21.0. The van der Waals surface area contributed by atoms with Crippen molar-refractivity contribution in [2.45, 2.75) is 145 Å². The van der Waals surface area contributed by atoms with E-state index in [1.807, 2.05) is 13.8 Å². The van der Waals surface area contributed by atoms with Gasteiger partial charge < -0.3 is 102 Å². The Bertz CT molecular complexity index is 6980. The summed E-state index contributed by atoms with van der Waals surface area (Å²) in [5, 5.41) is 55.4. The minimum atomic E-state index is -3.37. The van der Waals surface area contributed by atoms with Crippen LogP contribution in [0, 0.1) is 0 Å². The zero-order chi connectivity index (χ0) is 110. The number of carbonyl (C=O) groups is 5. The summed E-state index contributed by atoms with van der Waals surface area (Å²) in [5.41, 5.74) is 1.17. The third-order valence-corrected chi connectivity index (χ3v) is 29.4. The zero-order valence-electron chi connectivity index (χ0n) is 85.6. The lowest BCUT2D eigenvalue weighted by molar-refractivity contribution is 0.0644. The average molecular weight is 2210 g/mol. The van der Waals surface area contributed by atoms with E-state index in [1.165, 1.54) is 141 Å². The third kappa shape index (κ3) is 39.3. The quantitative estimate of drug-likeness (QED) is 0.0174. The van der Waals surface area contributed by atoms with Crippen LogP contribution in [0.25, 0.3) is 0 Å². The molecule has 12 aromatic rings. The van der Waals surface area contributed by atoms with E-state index in [-0.39, 0.29) is 154 Å². The first-order chi connectivity index (χ1) is 70.7. The molecule has 44 nitrogen and oxygen atoms in total. The van der Waals surface area contributed by atoms with Crippen molar-refractivity contribution in [1.82, 2.24) is 54.0 Å². The Labute approximate surface area is 870 Å². The molecule has 0 saturated carbocycles. The molecule has 0 radical (unpaired) electrons. The van der Waals surface area contributed by atoms with Crippen molar-refractivity contribution < 1.29 is 134 Å². The Hall–Kier alpha value is -13.3. The van der Waals surface area contributed by atoms with Gasteiger partial charge in [0.25, 0.3) is 29.5 Å². The van der Waals surface area contributed by atoms with Gasteiger partial charge in [-0.25, -0.2) is 35.2 Å². The van der Waals surface area contributed by atoms with Crippen LogP contribution in [0.15, 0.2) is 222 Å². The Balaban J connectivity index is 0.000000204. The predicted molar refractivity (Wildman–Crippen MR) is 564 cm³/mol. The maximum atomic E-state index is 13.1. The van der Waals surface area contributed by atoms with E-state index in [4.69, 9.17) is 51.5 Å². The zero-order valence-corrected chi connectivity index (χ0v) is 91.7. The second-order valence-electron chi connectivity index (χ2n) is 35.7. The highest BCUT2D eigenvalue weighted by atomic mass is 32.2. The average Bonchev–Trinajstić information content (AvgIpc) is 1.19. The summed E-state index contributed by atoms with van der Waals surface area (Å²) in [6, 6.07) is 42.8. The number of aromatic nitrogens is 10. The standard InChI is InChI=1S/C26H33N6O7P.C25H32N3O8PS.2C24H30N3O7PS/c1-5-36-40(35,37-6-2)17-32-11-8-23(30-32)29-25(33)19-12-20(38-18(3)4)14-21(13-19)39-24-16-27-22(15-28-24)26(34)31-9-7-10-31;1-5-34-37(3,31)17-28-12-10-24(27-28)26-25(30)19-14-21(35-18(2)11-13-29)16-22(15-19)36-20-6-8-23(9-7-20)38(4,32)33;2*1-17(10-12-28)33-20-13-18(24(29)25-23-9-11-27(26-23)16-35(2,3)30)14-21(15-20)34-19-5-7-22(8-6-19)36(4,31)32/h8,11-16,18H,5-7,9-10,17H2,1-4H3,(H,29,30,33);6-10,12,14-16,18,29H,5,11,13,17H2,1-4H3,(H,26,27,30);2*5-9,11,13-15,17,28H,10,12,16H2,1-4H3,(H,25,26,29)/t;18-,37?;2*17-/m.000/s1. The van der Waals surface area contributed by atoms with Gasteiger partial charge >= 0.3 is 7.60 Å². The van der Waals surface area contributed by atoms with Crippen LogP contribution in [0.4, 0.5) is 23.3 Å². The molecule has 1 unspecified atom stereocenters. The molecule has 1 aliphatic heterocycles. The van der Waals surface area contributed by atoms with Crippen molar-refractivity contribution in [2.75, 3.05) is 126 Å². The van der Waals surface area contributed by atoms with Crippen LogP contribution in [0.1, 0.15) is 133 Å². The van der Waals surface area contributed by atoms with E-state index in [2.05, 4.69) is 51.6 Å². The number of hydrogen-bond acceptors (Lipinski definition) is 35. The van der Waals surface area contributed by atoms with Crippen molar-refractivity contribution in [3.63, 3.8) is 0 Å². The highest BCUT2D eigenvalue weighted by Gasteiger charge is 2.29. The molecular weight excluding hydrogens is 2080 g/mol. The first-order valence-electron chi connectivity index (χ1n) is 47.1. The molecule has 5 amide bonds. The van der Waals surface area contributed by atoms with Crippen molar-refractivity contribution in [3.8, 4) is 69.1 Å². The number of benzene rings is 7. The maximum Gasteiger partial charge on any atom is 0.351 e. The molecule has 150 heavy (non-hydrogen) atoms. The Morgan fingerprint density at radius 2 is 0.660 bits per heavy atom. The van der Waals surface area contributed by atoms with Gasteiger partial charge in [0, 0.05) is 173 Å². The Morgan fingerprint density at radius 3 is 0.927 bits per heavy atom. The normalized spacial score (nSPS) is 13.1. The molecule has 1 saturated heterocycles. The van der Waals surface area contributed by atoms with E-state index in [9.17, 15) is 82.8 Å². The largest absolute Gasteiger partial charge is 0.491 e. The molecule has 51 heteroatoms. The second kappa shape index (κ2) is 53.9. The van der Waals surface area contributed by atoms with Gasteiger partial charge in [0.15, 0.2) is 52.8 Å². The first-order valence-corrected chi connectivity index (χ1v) is 62.3. The second-order valence-corrected chi connectivity index (χ2v) is 53.2. The molecule has 13 rings (SSSR count). The molecule has 0 bridgehead atoms. The highest BCUT2D eigenvalue weighted by Crippen LogP contribution is 2.50. The maximum absolute atomic E-state index is 13.1. The minimum Gasteiger partial charge on any atom is -0.491 e. The lowest BCUT2D eigenvalue weighted by Crippen LogP contribution is -2.42. The summed E-state index contributed by atoms with van der Waals surface area (Å²) in [6.07, 6.45) is 14.1. The molecule has 808 valence electrons. The fourth-order valence-corrected chi connectivity index (χ4v) is 20.2. The topological polar surface area (TPSA) is 567 Å². The highest BCUT2D eigenvalue weighted by molar-refractivity contribution is 7.91. The fraction of sp³-hybridized carbons (Fsp3) is 0.364. The van der Waals surface area contributed by atoms with Crippen LogP contribution in [-0.4, -0.2) is 253 Å². The molecule has 1 aliphatic rings. The number of ether oxygens (including phenoxy) is 8. The summed E-state index contributed by atoms with van der Waals surface area (Å²) < 4.78 is 188. The van der Waals surface area contributed by atoms with E-state index in [1.54, 1.807) is 165 Å². The van der Waals surface area contributed by atoms with E-state index in [0.717, 1.165) is 25.2 Å². The number of anilines is 4. The van der Waals surface area contributed by atoms with Gasteiger partial charge in [-0.1, -0.05) is 0 Å². The molecule has 1 fully saturated rings. The molecule has 6 heterocycles. The lowest BCUT2D eigenvalue weighted by Gasteiger charge is -2.30. The van der Waals surface area contributed by atoms with Gasteiger partial charge in [-0.2, -0.15) is 20.4 Å². The fourth-order valence-electron chi connectivity index (χ4n) is 13.7. The van der Waals surface area contributed by atoms with E-state index in [0.29, 0.717) is 108 Å². The number of amides is 5. The van der Waals surface area contributed by atoms with Crippen molar-refractivity contribution in [2.24, 2.45) is 0 Å². The van der Waals surface area contributed by atoms with Crippen molar-refractivity contribution in [3.05, 3.63) is 235 Å². The van der Waals surface area contributed by atoms with Gasteiger partial charge in [-0.15, -0.1) is 0 Å².